The number of rotatable bonds is 3. The molecule has 0 bridgehead atoms. The second-order valence-electron chi connectivity index (χ2n) is 7.97. The van der Waals surface area contributed by atoms with Crippen LogP contribution >= 0.6 is 12.2 Å². The molecule has 0 unspecified atom stereocenters. The van der Waals surface area contributed by atoms with Crippen LogP contribution in [0, 0.1) is 4.77 Å². The molecule has 2 aromatic rings. The van der Waals surface area contributed by atoms with Crippen LogP contribution in [-0.2, 0) is 0 Å². The average Bonchev–Trinajstić information content (AvgIpc) is 2.69. The van der Waals surface area contributed by atoms with Gasteiger partial charge in [0.15, 0.2) is 4.77 Å². The zero-order valence-corrected chi connectivity index (χ0v) is 16.4. The summed E-state index contributed by atoms with van der Waals surface area (Å²) >= 11 is 5.49. The number of nitrogens with one attached hydrogen (secondary N) is 2. The molecule has 0 aliphatic heterocycles. The van der Waals surface area contributed by atoms with Crippen LogP contribution in [0.4, 0.5) is 0 Å². The van der Waals surface area contributed by atoms with Crippen molar-refractivity contribution in [3.63, 3.8) is 0 Å². The van der Waals surface area contributed by atoms with Gasteiger partial charge in [-0.05, 0) is 56.1 Å². The predicted molar refractivity (Wildman–Crippen MR) is 110 cm³/mol. The Morgan fingerprint density at radius 1 is 1.04 bits per heavy atom. The zero-order valence-electron chi connectivity index (χ0n) is 15.6. The number of fused-ring (bicyclic) bond motifs is 1. The summed E-state index contributed by atoms with van der Waals surface area (Å²) in [6.07, 6.45) is 11.2. The van der Waals surface area contributed by atoms with Gasteiger partial charge in [0, 0.05) is 17.6 Å². The summed E-state index contributed by atoms with van der Waals surface area (Å²) in [6, 6.07) is 5.73. The number of benzene rings is 1. The highest BCUT2D eigenvalue weighted by Crippen LogP contribution is 2.27. The number of H-pyrrole nitrogens is 1. The smallest absolute Gasteiger partial charge is 0.262 e. The molecule has 27 heavy (non-hydrogen) atoms. The van der Waals surface area contributed by atoms with Gasteiger partial charge in [0.05, 0.1) is 10.9 Å². The normalized spacial score (nSPS) is 19.3. The molecule has 144 valence electrons. The molecule has 2 fully saturated rings. The van der Waals surface area contributed by atoms with E-state index in [9.17, 15) is 9.59 Å². The Kier molecular flexibility index (Phi) is 5.43. The van der Waals surface area contributed by atoms with Gasteiger partial charge in [0.1, 0.15) is 0 Å². The van der Waals surface area contributed by atoms with Crippen molar-refractivity contribution in [3.8, 4) is 0 Å². The summed E-state index contributed by atoms with van der Waals surface area (Å²) in [5.74, 6) is -0.0698. The van der Waals surface area contributed by atoms with E-state index in [0.717, 1.165) is 38.5 Å². The highest BCUT2D eigenvalue weighted by molar-refractivity contribution is 7.71. The molecule has 1 aromatic carbocycles. The molecule has 1 amide bonds. The van der Waals surface area contributed by atoms with Crippen LogP contribution in [0.1, 0.15) is 80.6 Å². The molecule has 2 aliphatic rings. The largest absolute Gasteiger partial charge is 0.349 e. The first-order valence-corrected chi connectivity index (χ1v) is 10.6. The number of aromatic amines is 1. The minimum Gasteiger partial charge on any atom is -0.349 e. The molecule has 1 heterocycles. The first-order chi connectivity index (χ1) is 13.1. The summed E-state index contributed by atoms with van der Waals surface area (Å²) < 4.78 is 2.21. The quantitative estimate of drug-likeness (QED) is 0.757. The van der Waals surface area contributed by atoms with Gasteiger partial charge in [-0.15, -0.1) is 0 Å². The SMILES string of the molecule is O=C(NC1CCCCC1)c1ccc2c(=O)n(C3CCCCC3)c(=S)[nH]c2c1. The standard InChI is InChI=1S/C21H27N3O2S/c25-19(22-15-7-3-1-4-8-15)14-11-12-17-18(13-14)23-21(27)24(20(17)26)16-9-5-2-6-10-16/h11-13,15-16H,1-10H2,(H,22,25)(H,23,27). The molecule has 2 saturated carbocycles. The molecule has 0 spiro atoms. The third-order valence-electron chi connectivity index (χ3n) is 6.07. The van der Waals surface area contributed by atoms with Gasteiger partial charge in [0.2, 0.25) is 0 Å². The van der Waals surface area contributed by atoms with Crippen molar-refractivity contribution in [2.75, 3.05) is 0 Å². The Labute approximate surface area is 164 Å². The lowest BCUT2D eigenvalue weighted by molar-refractivity contribution is 0.0928. The molecule has 0 radical (unpaired) electrons. The molecule has 0 saturated heterocycles. The monoisotopic (exact) mass is 385 g/mol. The van der Waals surface area contributed by atoms with Crippen molar-refractivity contribution in [3.05, 3.63) is 38.9 Å². The van der Waals surface area contributed by atoms with Crippen molar-refractivity contribution in [1.82, 2.24) is 14.9 Å². The van der Waals surface area contributed by atoms with Crippen LogP contribution in [0.5, 0.6) is 0 Å². The second kappa shape index (κ2) is 7.97. The second-order valence-corrected chi connectivity index (χ2v) is 8.35. The molecule has 2 N–H and O–H groups in total. The Morgan fingerprint density at radius 3 is 2.41 bits per heavy atom. The van der Waals surface area contributed by atoms with Crippen LogP contribution < -0.4 is 10.9 Å². The van der Waals surface area contributed by atoms with Crippen LogP contribution in [0.3, 0.4) is 0 Å². The van der Waals surface area contributed by atoms with Gasteiger partial charge < -0.3 is 10.3 Å². The van der Waals surface area contributed by atoms with Gasteiger partial charge in [-0.1, -0.05) is 38.5 Å². The number of aromatic nitrogens is 2. The Balaban J connectivity index is 1.63. The molecule has 2 aliphatic carbocycles. The molecular weight excluding hydrogens is 358 g/mol. The first-order valence-electron chi connectivity index (χ1n) is 10.2. The van der Waals surface area contributed by atoms with Crippen LogP contribution in [0.2, 0.25) is 0 Å². The maximum absolute atomic E-state index is 13.0. The van der Waals surface area contributed by atoms with E-state index in [-0.39, 0.29) is 23.6 Å². The van der Waals surface area contributed by atoms with E-state index < -0.39 is 0 Å². The van der Waals surface area contributed by atoms with Crippen LogP contribution in [-0.4, -0.2) is 21.5 Å². The molecule has 5 nitrogen and oxygen atoms in total. The van der Waals surface area contributed by atoms with Crippen molar-refractivity contribution in [2.24, 2.45) is 0 Å². The Morgan fingerprint density at radius 2 is 1.70 bits per heavy atom. The van der Waals surface area contributed by atoms with Crippen LogP contribution in [0.15, 0.2) is 23.0 Å². The zero-order chi connectivity index (χ0) is 18.8. The Hall–Kier alpha value is -1.95. The first kappa shape index (κ1) is 18.4. The molecule has 4 rings (SSSR count). The lowest BCUT2D eigenvalue weighted by Crippen LogP contribution is -2.36. The topological polar surface area (TPSA) is 66.9 Å². The third kappa shape index (κ3) is 3.86. The maximum atomic E-state index is 13.0. The summed E-state index contributed by atoms with van der Waals surface area (Å²) in [6.45, 7) is 0. The number of nitrogens with zero attached hydrogens (tertiary/aromatic N) is 1. The summed E-state index contributed by atoms with van der Waals surface area (Å²) in [5.41, 5.74) is 1.18. The van der Waals surface area contributed by atoms with E-state index >= 15 is 0 Å². The average molecular weight is 386 g/mol. The van der Waals surface area contributed by atoms with E-state index in [1.807, 2.05) is 0 Å². The minimum atomic E-state index is -0.0698. The minimum absolute atomic E-state index is 0.0418. The van der Waals surface area contributed by atoms with Crippen molar-refractivity contribution in [1.29, 1.82) is 0 Å². The van der Waals surface area contributed by atoms with Crippen LogP contribution in [0.25, 0.3) is 10.9 Å². The van der Waals surface area contributed by atoms with E-state index in [1.54, 1.807) is 22.8 Å². The van der Waals surface area contributed by atoms with Gasteiger partial charge >= 0.3 is 0 Å². The summed E-state index contributed by atoms with van der Waals surface area (Å²) in [4.78, 5) is 28.8. The lowest BCUT2D eigenvalue weighted by atomic mass is 9.95. The summed E-state index contributed by atoms with van der Waals surface area (Å²) in [5, 5.41) is 3.73. The van der Waals surface area contributed by atoms with Crippen molar-refractivity contribution < 1.29 is 4.79 Å². The number of hydrogen-bond acceptors (Lipinski definition) is 3. The molecule has 0 atom stereocenters. The third-order valence-corrected chi connectivity index (χ3v) is 6.37. The Bertz CT molecular complexity index is 950. The van der Waals surface area contributed by atoms with E-state index in [1.165, 1.54) is 25.7 Å². The summed E-state index contributed by atoms with van der Waals surface area (Å²) in [7, 11) is 0. The predicted octanol–water partition coefficient (Wildman–Crippen LogP) is 4.63. The highest BCUT2D eigenvalue weighted by atomic mass is 32.1. The number of hydrogen-bond donors (Lipinski definition) is 2. The lowest BCUT2D eigenvalue weighted by Gasteiger charge is -2.24. The fourth-order valence-electron chi connectivity index (χ4n) is 4.56. The number of amides is 1. The molecular formula is C21H27N3O2S. The number of carbonyl (C=O) groups is 1. The highest BCUT2D eigenvalue weighted by Gasteiger charge is 2.20. The fraction of sp³-hybridized carbons (Fsp3) is 0.571. The van der Waals surface area contributed by atoms with Gasteiger partial charge in [-0.2, -0.15) is 0 Å². The maximum Gasteiger partial charge on any atom is 0.262 e. The molecule has 1 aromatic heterocycles. The van der Waals surface area contributed by atoms with Gasteiger partial charge in [-0.3, -0.25) is 14.2 Å². The fourth-order valence-corrected chi connectivity index (χ4v) is 4.90. The van der Waals surface area contributed by atoms with Crippen molar-refractivity contribution >= 4 is 29.0 Å². The van der Waals surface area contributed by atoms with Gasteiger partial charge in [-0.25, -0.2) is 0 Å². The molecule has 6 heteroatoms. The van der Waals surface area contributed by atoms with Gasteiger partial charge in [0.25, 0.3) is 11.5 Å². The number of carbonyl (C=O) groups excluding carboxylic acids is 1. The van der Waals surface area contributed by atoms with E-state index in [0.29, 0.717) is 21.2 Å². The van der Waals surface area contributed by atoms with E-state index in [2.05, 4.69) is 10.3 Å². The van der Waals surface area contributed by atoms with E-state index in [4.69, 9.17) is 12.2 Å². The van der Waals surface area contributed by atoms with Crippen molar-refractivity contribution in [2.45, 2.75) is 76.3 Å².